The summed E-state index contributed by atoms with van der Waals surface area (Å²) in [6.45, 7) is 1.54. The first-order chi connectivity index (χ1) is 19.8. The van der Waals surface area contributed by atoms with Gasteiger partial charge in [-0.3, -0.25) is 9.59 Å². The van der Waals surface area contributed by atoms with Gasteiger partial charge in [0, 0.05) is 58.8 Å². The Kier molecular flexibility index (Phi) is 9.15. The molecule has 4 aromatic rings. The molecule has 1 aliphatic heterocycles. The van der Waals surface area contributed by atoms with Gasteiger partial charge >= 0.3 is 0 Å². The summed E-state index contributed by atoms with van der Waals surface area (Å²) in [5, 5.41) is 8.10. The lowest BCUT2D eigenvalue weighted by Gasteiger charge is -2.28. The number of para-hydroxylation sites is 1. The summed E-state index contributed by atoms with van der Waals surface area (Å²) in [7, 11) is 0. The average Bonchev–Trinajstić information content (AvgIpc) is 3.38. The standard InChI is InChI=1S/C30H28Cl3N5O3/c31-20-6-4-18(5-7-20)12-27(29(34)39)37-30(40)25-3-1-2-24-26(8-9-41-28(24)25)36-15-23-14-35-17-38(23)16-19-10-21(32)13-22(33)11-19/h1-7,10-11,13-14,17,26-27,36H,8-9,12,15-16H2,(H2,34,39)(H,37,40). The molecule has 0 spiro atoms. The fraction of sp³-hybridized carbons (Fsp3) is 0.233. The van der Waals surface area contributed by atoms with Gasteiger partial charge in [0.15, 0.2) is 0 Å². The van der Waals surface area contributed by atoms with E-state index in [4.69, 9.17) is 45.3 Å². The summed E-state index contributed by atoms with van der Waals surface area (Å²) in [6.07, 6.45) is 4.54. The molecular weight excluding hydrogens is 585 g/mol. The van der Waals surface area contributed by atoms with Crippen LogP contribution in [-0.2, 0) is 24.3 Å². The van der Waals surface area contributed by atoms with Crippen molar-refractivity contribution in [1.29, 1.82) is 0 Å². The van der Waals surface area contributed by atoms with Crippen LogP contribution >= 0.6 is 34.8 Å². The number of fused-ring (bicyclic) bond motifs is 1. The number of carbonyl (C=O) groups excluding carboxylic acids is 2. The molecule has 3 aromatic carbocycles. The van der Waals surface area contributed by atoms with Gasteiger partial charge in [-0.2, -0.15) is 0 Å². The van der Waals surface area contributed by atoms with Crippen molar-refractivity contribution in [2.24, 2.45) is 5.73 Å². The van der Waals surface area contributed by atoms with E-state index in [2.05, 4.69) is 15.6 Å². The molecule has 0 fully saturated rings. The number of hydrogen-bond acceptors (Lipinski definition) is 5. The minimum absolute atomic E-state index is 0.0588. The van der Waals surface area contributed by atoms with Crippen LogP contribution in [0.4, 0.5) is 0 Å². The molecule has 0 saturated heterocycles. The van der Waals surface area contributed by atoms with Crippen LogP contribution < -0.4 is 21.1 Å². The molecule has 0 saturated carbocycles. The molecule has 0 aliphatic carbocycles. The molecule has 2 amide bonds. The van der Waals surface area contributed by atoms with Crippen molar-refractivity contribution in [2.75, 3.05) is 6.61 Å². The van der Waals surface area contributed by atoms with Gasteiger partial charge < -0.3 is 25.7 Å². The second kappa shape index (κ2) is 13.0. The molecule has 1 aromatic heterocycles. The number of hydrogen-bond donors (Lipinski definition) is 3. The lowest BCUT2D eigenvalue weighted by Crippen LogP contribution is -2.46. The van der Waals surface area contributed by atoms with Crippen LogP contribution in [0.5, 0.6) is 5.75 Å². The van der Waals surface area contributed by atoms with Gasteiger partial charge in [-0.05, 0) is 47.5 Å². The van der Waals surface area contributed by atoms with Gasteiger partial charge in [-0.15, -0.1) is 0 Å². The SMILES string of the molecule is NC(=O)C(Cc1ccc(Cl)cc1)NC(=O)c1cccc2c1OCCC2NCc1cncn1Cc1cc(Cl)cc(Cl)c1. The number of ether oxygens (including phenoxy) is 1. The molecule has 212 valence electrons. The van der Waals surface area contributed by atoms with E-state index in [-0.39, 0.29) is 12.5 Å². The predicted molar refractivity (Wildman–Crippen MR) is 160 cm³/mol. The molecule has 0 radical (unpaired) electrons. The Labute approximate surface area is 252 Å². The van der Waals surface area contributed by atoms with Crippen molar-refractivity contribution in [2.45, 2.75) is 38.0 Å². The summed E-state index contributed by atoms with van der Waals surface area (Å²) >= 11 is 18.3. The number of rotatable bonds is 10. The summed E-state index contributed by atoms with van der Waals surface area (Å²) < 4.78 is 8.00. The van der Waals surface area contributed by atoms with E-state index in [1.54, 1.807) is 42.7 Å². The first-order valence-electron chi connectivity index (χ1n) is 13.0. The maximum absolute atomic E-state index is 13.3. The number of aromatic nitrogens is 2. The normalized spacial score (nSPS) is 15.0. The molecule has 2 unspecified atom stereocenters. The number of amides is 2. The highest BCUT2D eigenvalue weighted by Crippen LogP contribution is 2.35. The molecular formula is C30H28Cl3N5O3. The number of nitrogens with zero attached hydrogens (tertiary/aromatic N) is 2. The predicted octanol–water partition coefficient (Wildman–Crippen LogP) is 5.33. The van der Waals surface area contributed by atoms with Crippen LogP contribution in [0.1, 0.15) is 45.2 Å². The molecule has 0 bridgehead atoms. The van der Waals surface area contributed by atoms with E-state index in [9.17, 15) is 9.59 Å². The van der Waals surface area contributed by atoms with Crippen molar-refractivity contribution in [3.63, 3.8) is 0 Å². The van der Waals surface area contributed by atoms with Crippen molar-refractivity contribution in [3.05, 3.63) is 116 Å². The Morgan fingerprint density at radius 3 is 2.51 bits per heavy atom. The first-order valence-corrected chi connectivity index (χ1v) is 14.2. The number of nitrogens with two attached hydrogens (primary N) is 1. The Morgan fingerprint density at radius 1 is 1.02 bits per heavy atom. The van der Waals surface area contributed by atoms with Crippen LogP contribution in [0, 0.1) is 0 Å². The van der Waals surface area contributed by atoms with Crippen LogP contribution in [0.25, 0.3) is 0 Å². The van der Waals surface area contributed by atoms with Crippen molar-refractivity contribution in [1.82, 2.24) is 20.2 Å². The molecule has 41 heavy (non-hydrogen) atoms. The molecule has 2 heterocycles. The van der Waals surface area contributed by atoms with Crippen LogP contribution in [0.3, 0.4) is 0 Å². The van der Waals surface area contributed by atoms with Crippen LogP contribution in [-0.4, -0.2) is 34.0 Å². The van der Waals surface area contributed by atoms with E-state index >= 15 is 0 Å². The zero-order valence-corrected chi connectivity index (χ0v) is 24.2. The molecule has 5 rings (SSSR count). The van der Waals surface area contributed by atoms with Crippen LogP contribution in [0.15, 0.2) is 73.2 Å². The van der Waals surface area contributed by atoms with E-state index in [0.717, 1.165) is 28.8 Å². The Bertz CT molecular complexity index is 1540. The minimum atomic E-state index is -0.897. The van der Waals surface area contributed by atoms with Gasteiger partial charge in [0.1, 0.15) is 11.8 Å². The third kappa shape index (κ3) is 7.21. The molecule has 1 aliphatic rings. The number of carbonyl (C=O) groups is 2. The van der Waals surface area contributed by atoms with Crippen molar-refractivity contribution in [3.8, 4) is 5.75 Å². The van der Waals surface area contributed by atoms with Gasteiger partial charge in [-0.1, -0.05) is 59.1 Å². The highest BCUT2D eigenvalue weighted by molar-refractivity contribution is 6.34. The largest absolute Gasteiger partial charge is 0.492 e. The molecule has 2 atom stereocenters. The number of primary amides is 1. The van der Waals surface area contributed by atoms with Gasteiger partial charge in [0.25, 0.3) is 5.91 Å². The highest BCUT2D eigenvalue weighted by atomic mass is 35.5. The Balaban J connectivity index is 1.28. The number of halogens is 3. The third-order valence-electron chi connectivity index (χ3n) is 6.92. The van der Waals surface area contributed by atoms with Gasteiger partial charge in [-0.25, -0.2) is 4.98 Å². The third-order valence-corrected chi connectivity index (χ3v) is 7.61. The number of nitrogens with one attached hydrogen (secondary N) is 2. The minimum Gasteiger partial charge on any atom is -0.492 e. The van der Waals surface area contributed by atoms with Gasteiger partial charge in [0.2, 0.25) is 5.91 Å². The maximum Gasteiger partial charge on any atom is 0.255 e. The maximum atomic E-state index is 13.3. The summed E-state index contributed by atoms with van der Waals surface area (Å²) in [4.78, 5) is 29.8. The van der Waals surface area contributed by atoms with E-state index in [1.807, 2.05) is 35.0 Å². The smallest absolute Gasteiger partial charge is 0.255 e. The van der Waals surface area contributed by atoms with E-state index in [1.165, 1.54) is 0 Å². The number of imidazole rings is 1. The zero-order valence-electron chi connectivity index (χ0n) is 21.9. The van der Waals surface area contributed by atoms with E-state index in [0.29, 0.717) is 46.1 Å². The zero-order chi connectivity index (χ0) is 28.9. The van der Waals surface area contributed by atoms with Crippen molar-refractivity contribution >= 4 is 46.6 Å². The quantitative estimate of drug-likeness (QED) is 0.224. The summed E-state index contributed by atoms with van der Waals surface area (Å²) in [5.41, 5.74) is 9.61. The second-order valence-corrected chi connectivity index (χ2v) is 11.2. The van der Waals surface area contributed by atoms with Gasteiger partial charge in [0.05, 0.1) is 24.2 Å². The highest BCUT2D eigenvalue weighted by Gasteiger charge is 2.28. The summed E-state index contributed by atoms with van der Waals surface area (Å²) in [6, 6.07) is 17.0. The Hall–Kier alpha value is -3.56. The molecule has 8 nitrogen and oxygen atoms in total. The van der Waals surface area contributed by atoms with E-state index < -0.39 is 17.9 Å². The van der Waals surface area contributed by atoms with Crippen molar-refractivity contribution < 1.29 is 14.3 Å². The lowest BCUT2D eigenvalue weighted by molar-refractivity contribution is -0.119. The second-order valence-electron chi connectivity index (χ2n) is 9.84. The Morgan fingerprint density at radius 2 is 1.78 bits per heavy atom. The van der Waals surface area contributed by atoms with Crippen LogP contribution in [0.2, 0.25) is 15.1 Å². The number of benzene rings is 3. The average molecular weight is 613 g/mol. The fourth-order valence-electron chi connectivity index (χ4n) is 4.89. The molecule has 11 heteroatoms. The monoisotopic (exact) mass is 611 g/mol. The summed E-state index contributed by atoms with van der Waals surface area (Å²) in [5.74, 6) is -0.570. The fourth-order valence-corrected chi connectivity index (χ4v) is 5.59. The first kappa shape index (κ1) is 29.0. The molecule has 4 N–H and O–H groups in total. The topological polar surface area (TPSA) is 111 Å². The lowest BCUT2D eigenvalue weighted by atomic mass is 9.96.